The van der Waals surface area contributed by atoms with Crippen LogP contribution in [0.5, 0.6) is 0 Å². The van der Waals surface area contributed by atoms with Crippen molar-refractivity contribution < 1.29 is 9.90 Å². The molecule has 0 unspecified atom stereocenters. The molecule has 2 rings (SSSR count). The number of carbonyl (C=O) groups is 1. The number of carboxylic acid groups (broad SMARTS) is 1. The van der Waals surface area contributed by atoms with Gasteiger partial charge in [0.25, 0.3) is 0 Å². The van der Waals surface area contributed by atoms with E-state index in [1.807, 2.05) is 32.0 Å². The molecule has 0 saturated heterocycles. The third-order valence-electron chi connectivity index (χ3n) is 2.83. The number of aryl methyl sites for hydroxylation is 2. The normalized spacial score (nSPS) is 10.2. The van der Waals surface area contributed by atoms with Crippen LogP contribution in [0.1, 0.15) is 21.5 Å². The summed E-state index contributed by atoms with van der Waals surface area (Å²) in [5.74, 6) is -0.766. The number of H-pyrrole nitrogens is 1. The molecule has 2 aromatic rings. The largest absolute Gasteiger partial charge is 0.478 e. The molecule has 0 aliphatic rings. The molecule has 1 aromatic carbocycles. The number of hydrogen-bond acceptors (Lipinski definition) is 3. The van der Waals surface area contributed by atoms with Gasteiger partial charge in [0.1, 0.15) is 5.82 Å². The Kier molecular flexibility index (Phi) is 3.37. The van der Waals surface area contributed by atoms with Gasteiger partial charge in [-0.15, -0.1) is 0 Å². The van der Waals surface area contributed by atoms with Crippen LogP contribution in [-0.4, -0.2) is 16.1 Å². The van der Waals surface area contributed by atoms with E-state index < -0.39 is 11.5 Å². The van der Waals surface area contributed by atoms with Gasteiger partial charge in [0.05, 0.1) is 5.56 Å². The van der Waals surface area contributed by atoms with Crippen LogP contribution < -0.4 is 10.9 Å². The average molecular weight is 258 g/mol. The van der Waals surface area contributed by atoms with Gasteiger partial charge in [0.2, 0.25) is 5.56 Å². The fraction of sp³-hybridized carbons (Fsp3) is 0.143. The minimum Gasteiger partial charge on any atom is -0.478 e. The molecule has 0 bridgehead atoms. The quantitative estimate of drug-likeness (QED) is 0.789. The smallest absolute Gasteiger partial charge is 0.336 e. The van der Waals surface area contributed by atoms with Crippen LogP contribution in [0.3, 0.4) is 0 Å². The highest BCUT2D eigenvalue weighted by atomic mass is 16.4. The molecule has 1 aromatic heterocycles. The highest BCUT2D eigenvalue weighted by Crippen LogP contribution is 2.23. The summed E-state index contributed by atoms with van der Waals surface area (Å²) in [5, 5.41) is 12.0. The monoisotopic (exact) mass is 258 g/mol. The molecule has 5 heteroatoms. The van der Waals surface area contributed by atoms with Crippen molar-refractivity contribution in [1.29, 1.82) is 0 Å². The summed E-state index contributed by atoms with van der Waals surface area (Å²) in [7, 11) is 0. The van der Waals surface area contributed by atoms with Crippen LogP contribution in [0, 0.1) is 13.8 Å². The van der Waals surface area contributed by atoms with Crippen molar-refractivity contribution in [3.8, 4) is 0 Å². The third-order valence-corrected chi connectivity index (χ3v) is 2.83. The molecule has 3 N–H and O–H groups in total. The molecule has 98 valence electrons. The molecule has 1 heterocycles. The predicted molar refractivity (Wildman–Crippen MR) is 73.2 cm³/mol. The van der Waals surface area contributed by atoms with Crippen molar-refractivity contribution in [2.75, 3.05) is 5.32 Å². The fourth-order valence-corrected chi connectivity index (χ4v) is 1.88. The highest BCUT2D eigenvalue weighted by molar-refractivity contribution is 5.88. The average Bonchev–Trinajstić information content (AvgIpc) is 2.33. The third kappa shape index (κ3) is 2.82. The van der Waals surface area contributed by atoms with Gasteiger partial charge in [-0.25, -0.2) is 4.79 Å². The lowest BCUT2D eigenvalue weighted by Crippen LogP contribution is -2.12. The molecule has 0 saturated carbocycles. The zero-order chi connectivity index (χ0) is 14.0. The standard InChI is InChI=1S/C14H14N2O3/c1-8-4-3-5-9(2)13(8)16-11-6-10(14(18)19)7-12(17)15-11/h3-7H,1-2H3,(H,18,19)(H2,15,16,17). The van der Waals surface area contributed by atoms with Gasteiger partial charge < -0.3 is 15.4 Å². The number of rotatable bonds is 3. The minimum absolute atomic E-state index is 0.0440. The lowest BCUT2D eigenvalue weighted by atomic mass is 10.1. The number of nitrogens with one attached hydrogen (secondary N) is 2. The summed E-state index contributed by atoms with van der Waals surface area (Å²) in [6.45, 7) is 3.88. The van der Waals surface area contributed by atoms with Crippen molar-refractivity contribution in [3.05, 3.63) is 57.4 Å². The number of aromatic carboxylic acids is 1. The molecule has 0 atom stereocenters. The van der Waals surface area contributed by atoms with Gasteiger partial charge >= 0.3 is 5.97 Å². The number of hydrogen-bond donors (Lipinski definition) is 3. The summed E-state index contributed by atoms with van der Waals surface area (Å²) >= 11 is 0. The van der Waals surface area contributed by atoms with E-state index in [1.54, 1.807) is 0 Å². The van der Waals surface area contributed by atoms with E-state index in [0.717, 1.165) is 22.9 Å². The van der Waals surface area contributed by atoms with Crippen molar-refractivity contribution in [2.45, 2.75) is 13.8 Å². The van der Waals surface area contributed by atoms with Crippen LogP contribution in [0.15, 0.2) is 35.1 Å². The van der Waals surface area contributed by atoms with Crippen molar-refractivity contribution in [2.24, 2.45) is 0 Å². The zero-order valence-corrected chi connectivity index (χ0v) is 10.7. The summed E-state index contributed by atoms with van der Waals surface area (Å²) < 4.78 is 0. The molecular formula is C14H14N2O3. The van der Waals surface area contributed by atoms with E-state index >= 15 is 0 Å². The first-order valence-corrected chi connectivity index (χ1v) is 5.78. The molecule has 5 nitrogen and oxygen atoms in total. The SMILES string of the molecule is Cc1cccc(C)c1Nc1cc(C(=O)O)cc(=O)[nH]1. The first-order chi connectivity index (χ1) is 8.97. The maximum absolute atomic E-state index is 11.4. The van der Waals surface area contributed by atoms with Gasteiger partial charge in [0, 0.05) is 11.8 Å². The number of carboxylic acids is 1. The Morgan fingerprint density at radius 2 is 1.84 bits per heavy atom. The maximum Gasteiger partial charge on any atom is 0.336 e. The summed E-state index contributed by atoms with van der Waals surface area (Å²) in [6.07, 6.45) is 0. The first kappa shape index (κ1) is 12.9. The number of aromatic amines is 1. The maximum atomic E-state index is 11.4. The number of aromatic nitrogens is 1. The molecular weight excluding hydrogens is 244 g/mol. The second kappa shape index (κ2) is 4.97. The van der Waals surface area contributed by atoms with Crippen LogP contribution in [0.4, 0.5) is 11.5 Å². The zero-order valence-electron chi connectivity index (χ0n) is 10.7. The van der Waals surface area contributed by atoms with E-state index in [-0.39, 0.29) is 5.56 Å². The van der Waals surface area contributed by atoms with E-state index in [1.165, 1.54) is 6.07 Å². The second-order valence-electron chi connectivity index (χ2n) is 4.34. The molecule has 0 fully saturated rings. The predicted octanol–water partition coefficient (Wildman–Crippen LogP) is 2.43. The van der Waals surface area contributed by atoms with Crippen molar-refractivity contribution in [1.82, 2.24) is 4.98 Å². The first-order valence-electron chi connectivity index (χ1n) is 5.78. The van der Waals surface area contributed by atoms with Crippen LogP contribution in [0.2, 0.25) is 0 Å². The molecule has 0 radical (unpaired) electrons. The van der Waals surface area contributed by atoms with E-state index in [4.69, 9.17) is 5.11 Å². The Hall–Kier alpha value is -2.56. The lowest BCUT2D eigenvalue weighted by molar-refractivity contribution is 0.0696. The Labute approximate surface area is 109 Å². The topological polar surface area (TPSA) is 82.2 Å². The van der Waals surface area contributed by atoms with Crippen molar-refractivity contribution >= 4 is 17.5 Å². The van der Waals surface area contributed by atoms with E-state index in [9.17, 15) is 9.59 Å². The van der Waals surface area contributed by atoms with Crippen LogP contribution in [0.25, 0.3) is 0 Å². The fourth-order valence-electron chi connectivity index (χ4n) is 1.88. The van der Waals surface area contributed by atoms with E-state index in [0.29, 0.717) is 5.82 Å². The Balaban J connectivity index is 2.44. The van der Waals surface area contributed by atoms with Crippen molar-refractivity contribution in [3.63, 3.8) is 0 Å². The number of pyridine rings is 1. The Morgan fingerprint density at radius 1 is 1.21 bits per heavy atom. The molecule has 0 aliphatic carbocycles. The van der Waals surface area contributed by atoms with Gasteiger partial charge in [-0.2, -0.15) is 0 Å². The minimum atomic E-state index is -1.13. The highest BCUT2D eigenvalue weighted by Gasteiger charge is 2.08. The summed E-state index contributed by atoms with van der Waals surface area (Å²) in [4.78, 5) is 24.9. The molecule has 0 spiro atoms. The van der Waals surface area contributed by atoms with E-state index in [2.05, 4.69) is 10.3 Å². The summed E-state index contributed by atoms with van der Waals surface area (Å²) in [5.41, 5.74) is 2.40. The van der Waals surface area contributed by atoms with Crippen LogP contribution >= 0.6 is 0 Å². The van der Waals surface area contributed by atoms with Gasteiger partial charge in [-0.3, -0.25) is 4.79 Å². The van der Waals surface area contributed by atoms with Gasteiger partial charge in [-0.1, -0.05) is 18.2 Å². The Bertz CT molecular complexity index is 669. The van der Waals surface area contributed by atoms with Crippen LogP contribution in [-0.2, 0) is 0 Å². The van der Waals surface area contributed by atoms with Gasteiger partial charge in [-0.05, 0) is 31.0 Å². The molecule has 0 amide bonds. The molecule has 0 aliphatic heterocycles. The number of benzene rings is 1. The lowest BCUT2D eigenvalue weighted by Gasteiger charge is -2.12. The Morgan fingerprint density at radius 3 is 2.42 bits per heavy atom. The number of para-hydroxylation sites is 1. The second-order valence-corrected chi connectivity index (χ2v) is 4.34. The summed E-state index contributed by atoms with van der Waals surface area (Å²) in [6, 6.07) is 8.27. The van der Waals surface area contributed by atoms with Gasteiger partial charge in [0.15, 0.2) is 0 Å². The number of anilines is 2. The molecule has 19 heavy (non-hydrogen) atoms.